The molecule has 1 atom stereocenters. The van der Waals surface area contributed by atoms with E-state index in [4.69, 9.17) is 0 Å². The predicted octanol–water partition coefficient (Wildman–Crippen LogP) is 5.38. The molecule has 19 heavy (non-hydrogen) atoms. The first-order valence-corrected chi connectivity index (χ1v) is 8.47. The van der Waals surface area contributed by atoms with Gasteiger partial charge in [-0.1, -0.05) is 59.3 Å². The van der Waals surface area contributed by atoms with Gasteiger partial charge < -0.3 is 0 Å². The Kier molecular flexibility index (Phi) is 5.09. The van der Waals surface area contributed by atoms with Crippen molar-refractivity contribution in [1.29, 1.82) is 0 Å². The molecule has 2 aliphatic rings. The zero-order chi connectivity index (χ0) is 13.9. The van der Waals surface area contributed by atoms with Gasteiger partial charge in [0.15, 0.2) is 0 Å². The van der Waals surface area contributed by atoms with Gasteiger partial charge >= 0.3 is 0 Å². The van der Waals surface area contributed by atoms with E-state index in [1.54, 1.807) is 0 Å². The molecule has 0 aromatic carbocycles. The Hall–Kier alpha value is -0.330. The maximum atomic E-state index is 12.6. The Morgan fingerprint density at radius 2 is 1.68 bits per heavy atom. The lowest BCUT2D eigenvalue weighted by atomic mass is 9.80. The fraction of sp³-hybridized carbons (Fsp3) is 0.944. The molecule has 0 aliphatic heterocycles. The minimum absolute atomic E-state index is 0.157. The highest BCUT2D eigenvalue weighted by Crippen LogP contribution is 2.38. The van der Waals surface area contributed by atoms with E-state index in [1.807, 2.05) is 0 Å². The van der Waals surface area contributed by atoms with Crippen molar-refractivity contribution in [3.8, 4) is 0 Å². The predicted molar refractivity (Wildman–Crippen MR) is 81.1 cm³/mol. The van der Waals surface area contributed by atoms with Gasteiger partial charge in [0.25, 0.3) is 0 Å². The fourth-order valence-corrected chi connectivity index (χ4v) is 3.57. The summed E-state index contributed by atoms with van der Waals surface area (Å²) in [6.07, 6.45) is 12.8. The van der Waals surface area contributed by atoms with Gasteiger partial charge in [-0.25, -0.2) is 0 Å². The molecule has 0 spiro atoms. The lowest BCUT2D eigenvalue weighted by molar-refractivity contribution is -0.125. The molecular weight excluding hydrogens is 232 g/mol. The van der Waals surface area contributed by atoms with Crippen LogP contribution in [0.15, 0.2) is 0 Å². The van der Waals surface area contributed by atoms with Crippen molar-refractivity contribution in [2.45, 2.75) is 85.0 Å². The number of ketones is 1. The summed E-state index contributed by atoms with van der Waals surface area (Å²) in [5, 5.41) is 0. The number of carbonyl (C=O) groups is 1. The highest BCUT2D eigenvalue weighted by Gasteiger charge is 2.30. The summed E-state index contributed by atoms with van der Waals surface area (Å²) < 4.78 is 0. The minimum Gasteiger partial charge on any atom is -0.299 e. The lowest BCUT2D eigenvalue weighted by Gasteiger charge is -2.24. The molecule has 0 heterocycles. The van der Waals surface area contributed by atoms with Crippen LogP contribution in [0.5, 0.6) is 0 Å². The minimum atomic E-state index is 0.157. The summed E-state index contributed by atoms with van der Waals surface area (Å²) in [5.41, 5.74) is 0.157. The molecule has 0 aromatic heterocycles. The zero-order valence-corrected chi connectivity index (χ0v) is 13.2. The summed E-state index contributed by atoms with van der Waals surface area (Å²) in [6.45, 7) is 6.58. The van der Waals surface area contributed by atoms with E-state index in [2.05, 4.69) is 20.8 Å². The molecule has 0 radical (unpaired) electrons. The monoisotopic (exact) mass is 264 g/mol. The maximum Gasteiger partial charge on any atom is 0.136 e. The van der Waals surface area contributed by atoms with Crippen LogP contribution in [0.25, 0.3) is 0 Å². The van der Waals surface area contributed by atoms with Crippen LogP contribution in [0.2, 0.25) is 0 Å². The smallest absolute Gasteiger partial charge is 0.136 e. The number of Topliss-reactive ketones (excluding diaryl/α,β-unsaturated/α-hetero) is 1. The molecule has 1 heteroatoms. The van der Waals surface area contributed by atoms with E-state index in [0.717, 1.165) is 18.3 Å². The summed E-state index contributed by atoms with van der Waals surface area (Å²) in [6, 6.07) is 0. The molecule has 0 aromatic rings. The van der Waals surface area contributed by atoms with Crippen molar-refractivity contribution in [3.63, 3.8) is 0 Å². The largest absolute Gasteiger partial charge is 0.299 e. The Morgan fingerprint density at radius 3 is 2.21 bits per heavy atom. The average Bonchev–Trinajstić information content (AvgIpc) is 2.98. The Balaban J connectivity index is 1.85. The SMILES string of the molecule is CC(C)(C)CC(=O)C(CCC1CC1)CC1CCCC1. The Bertz CT molecular complexity index is 289. The normalized spacial score (nSPS) is 22.7. The molecular formula is C18H32O. The first-order chi connectivity index (χ1) is 8.94. The molecule has 0 amide bonds. The van der Waals surface area contributed by atoms with Crippen LogP contribution in [0, 0.1) is 23.2 Å². The second kappa shape index (κ2) is 6.41. The lowest BCUT2D eigenvalue weighted by Crippen LogP contribution is -2.23. The molecule has 1 nitrogen and oxygen atoms in total. The first kappa shape index (κ1) is 15.1. The van der Waals surface area contributed by atoms with Crippen molar-refractivity contribution in [3.05, 3.63) is 0 Å². The van der Waals surface area contributed by atoms with E-state index in [1.165, 1.54) is 57.8 Å². The van der Waals surface area contributed by atoms with Crippen molar-refractivity contribution < 1.29 is 4.79 Å². The van der Waals surface area contributed by atoms with Gasteiger partial charge in [-0.15, -0.1) is 0 Å². The van der Waals surface area contributed by atoms with Gasteiger partial charge in [0, 0.05) is 12.3 Å². The van der Waals surface area contributed by atoms with Gasteiger partial charge in [0.2, 0.25) is 0 Å². The second-order valence-electron chi connectivity index (χ2n) is 8.31. The van der Waals surface area contributed by atoms with E-state index in [-0.39, 0.29) is 5.41 Å². The molecule has 2 rings (SSSR count). The van der Waals surface area contributed by atoms with Crippen molar-refractivity contribution in [2.75, 3.05) is 0 Å². The van der Waals surface area contributed by atoms with Crippen molar-refractivity contribution in [1.82, 2.24) is 0 Å². The fourth-order valence-electron chi connectivity index (χ4n) is 3.57. The van der Waals surface area contributed by atoms with E-state index >= 15 is 0 Å². The van der Waals surface area contributed by atoms with E-state index < -0.39 is 0 Å². The highest BCUT2D eigenvalue weighted by atomic mass is 16.1. The third-order valence-corrected chi connectivity index (χ3v) is 4.87. The third-order valence-electron chi connectivity index (χ3n) is 4.87. The van der Waals surface area contributed by atoms with Gasteiger partial charge in [-0.2, -0.15) is 0 Å². The standard InChI is InChI=1S/C18H32O/c1-18(2,3)13-17(19)16(11-10-14-8-9-14)12-15-6-4-5-7-15/h14-16H,4-13H2,1-3H3. The molecule has 110 valence electrons. The van der Waals surface area contributed by atoms with Gasteiger partial charge in [0.05, 0.1) is 0 Å². The molecule has 1 unspecified atom stereocenters. The second-order valence-corrected chi connectivity index (χ2v) is 8.31. The molecule has 2 fully saturated rings. The Morgan fingerprint density at radius 1 is 1.05 bits per heavy atom. The molecule has 2 aliphatic carbocycles. The van der Waals surface area contributed by atoms with E-state index in [0.29, 0.717) is 11.7 Å². The molecule has 0 saturated heterocycles. The van der Waals surface area contributed by atoms with Gasteiger partial charge in [-0.05, 0) is 36.5 Å². The van der Waals surface area contributed by atoms with E-state index in [9.17, 15) is 4.79 Å². The first-order valence-electron chi connectivity index (χ1n) is 8.47. The van der Waals surface area contributed by atoms with Crippen LogP contribution in [-0.2, 0) is 4.79 Å². The van der Waals surface area contributed by atoms with Gasteiger partial charge in [-0.3, -0.25) is 4.79 Å². The van der Waals surface area contributed by atoms with Crippen molar-refractivity contribution >= 4 is 5.78 Å². The van der Waals surface area contributed by atoms with Gasteiger partial charge in [0.1, 0.15) is 5.78 Å². The highest BCUT2D eigenvalue weighted by molar-refractivity contribution is 5.81. The van der Waals surface area contributed by atoms with Crippen LogP contribution in [0.4, 0.5) is 0 Å². The Labute approximate surface area is 119 Å². The van der Waals surface area contributed by atoms with Crippen LogP contribution in [0.1, 0.15) is 85.0 Å². The van der Waals surface area contributed by atoms with Crippen LogP contribution in [-0.4, -0.2) is 5.78 Å². The van der Waals surface area contributed by atoms with Crippen LogP contribution < -0.4 is 0 Å². The topological polar surface area (TPSA) is 17.1 Å². The summed E-state index contributed by atoms with van der Waals surface area (Å²) in [5.74, 6) is 2.75. The molecule has 2 saturated carbocycles. The summed E-state index contributed by atoms with van der Waals surface area (Å²) in [4.78, 5) is 12.6. The number of carbonyl (C=O) groups excluding carboxylic acids is 1. The third kappa shape index (κ3) is 5.67. The van der Waals surface area contributed by atoms with Crippen LogP contribution >= 0.6 is 0 Å². The molecule has 0 bridgehead atoms. The summed E-state index contributed by atoms with van der Waals surface area (Å²) in [7, 11) is 0. The maximum absolute atomic E-state index is 12.6. The number of hydrogen-bond donors (Lipinski definition) is 0. The molecule has 0 N–H and O–H groups in total. The number of rotatable bonds is 7. The average molecular weight is 264 g/mol. The van der Waals surface area contributed by atoms with Crippen molar-refractivity contribution in [2.24, 2.45) is 23.2 Å². The quantitative estimate of drug-likeness (QED) is 0.603. The number of hydrogen-bond acceptors (Lipinski definition) is 1. The van der Waals surface area contributed by atoms with Crippen LogP contribution in [0.3, 0.4) is 0 Å². The summed E-state index contributed by atoms with van der Waals surface area (Å²) >= 11 is 0. The zero-order valence-electron chi connectivity index (χ0n) is 13.2.